The highest BCUT2D eigenvalue weighted by molar-refractivity contribution is 8.02. The summed E-state index contributed by atoms with van der Waals surface area (Å²) in [5, 5.41) is 16.1. The molecule has 0 aliphatic carbocycles. The molecule has 0 aromatic heterocycles. The number of anilines is 2. The van der Waals surface area contributed by atoms with Gasteiger partial charge in [0.15, 0.2) is 0 Å². The van der Waals surface area contributed by atoms with Gasteiger partial charge in [-0.25, -0.2) is 0 Å². The van der Waals surface area contributed by atoms with E-state index < -0.39 is 28.7 Å². The van der Waals surface area contributed by atoms with E-state index in [1.165, 1.54) is 4.90 Å². The summed E-state index contributed by atoms with van der Waals surface area (Å²) in [5.41, 5.74) is 1.14. The molecule has 0 saturated carbocycles. The summed E-state index contributed by atoms with van der Waals surface area (Å²) in [7, 11) is 0. The minimum Gasteiger partial charge on any atom is -0.394 e. The number of nitrogens with zero attached hydrogens (tertiary/aromatic N) is 1. The van der Waals surface area contributed by atoms with Gasteiger partial charge in [-0.1, -0.05) is 41.9 Å². The van der Waals surface area contributed by atoms with Gasteiger partial charge in [0.2, 0.25) is 17.7 Å². The lowest BCUT2D eigenvalue weighted by atomic mass is 9.70. The second kappa shape index (κ2) is 8.91. The summed E-state index contributed by atoms with van der Waals surface area (Å²) in [6, 6.07) is 14.7. The van der Waals surface area contributed by atoms with E-state index in [-0.39, 0.29) is 29.6 Å². The van der Waals surface area contributed by atoms with Crippen LogP contribution in [0.2, 0.25) is 5.02 Å². The van der Waals surface area contributed by atoms with Gasteiger partial charge in [0.25, 0.3) is 0 Å². The summed E-state index contributed by atoms with van der Waals surface area (Å²) in [6.07, 6.45) is 1.40. The highest BCUT2D eigenvalue weighted by atomic mass is 35.5. The monoisotopic (exact) mass is 499 g/mol. The van der Waals surface area contributed by atoms with Gasteiger partial charge in [0.1, 0.15) is 6.04 Å². The van der Waals surface area contributed by atoms with Gasteiger partial charge in [-0.2, -0.15) is 0 Å². The Kier molecular flexibility index (Phi) is 6.08. The standard InChI is InChI=1S/C25H26ClN3O4S/c1-14(13-30)29-21(23(32)28-17-10-6-5-9-16(17)26)25-12-11-18(34-25)19(20(25)24(29)33)22(31)27-15-7-3-2-4-8-15/h2-10,14,18-21,30H,11-13H2,1H3,(H,27,31)(H,28,32)/t14-,18+,19-,20+,21?,25?/m1/s1. The maximum absolute atomic E-state index is 13.8. The van der Waals surface area contributed by atoms with Gasteiger partial charge in [-0.15, -0.1) is 11.8 Å². The Morgan fingerprint density at radius 1 is 1.15 bits per heavy atom. The van der Waals surface area contributed by atoms with Crippen LogP contribution in [0.3, 0.4) is 0 Å². The van der Waals surface area contributed by atoms with Crippen LogP contribution < -0.4 is 10.6 Å². The number of halogens is 1. The third-order valence-corrected chi connectivity index (χ3v) is 9.48. The van der Waals surface area contributed by atoms with Crippen molar-refractivity contribution in [1.82, 2.24) is 4.90 Å². The maximum atomic E-state index is 13.8. The summed E-state index contributed by atoms with van der Waals surface area (Å²) in [6.45, 7) is 1.45. The van der Waals surface area contributed by atoms with E-state index in [4.69, 9.17) is 11.6 Å². The Labute approximate surface area is 207 Å². The SMILES string of the molecule is C[C@H](CO)N1C(=O)[C@@H]2[C@H](C(=O)Nc3ccccc3)[C@@H]3CCC2(S3)C1C(=O)Nc1ccccc1Cl. The van der Waals surface area contributed by atoms with E-state index in [0.29, 0.717) is 22.8 Å². The molecule has 3 aliphatic heterocycles. The van der Waals surface area contributed by atoms with Crippen LogP contribution in [0.1, 0.15) is 19.8 Å². The number of thioether (sulfide) groups is 1. The fraction of sp³-hybridized carbons (Fsp3) is 0.400. The van der Waals surface area contributed by atoms with Crippen LogP contribution in [0.5, 0.6) is 0 Å². The molecule has 2 unspecified atom stereocenters. The van der Waals surface area contributed by atoms with Crippen molar-refractivity contribution < 1.29 is 19.5 Å². The topological polar surface area (TPSA) is 98.7 Å². The minimum absolute atomic E-state index is 0.0418. The number of aliphatic hydroxyl groups is 1. The number of hydrogen-bond donors (Lipinski definition) is 3. The Morgan fingerprint density at radius 2 is 1.85 bits per heavy atom. The Balaban J connectivity index is 1.49. The summed E-state index contributed by atoms with van der Waals surface area (Å²) in [4.78, 5) is 42.3. The third-order valence-electron chi connectivity index (χ3n) is 7.20. The van der Waals surface area contributed by atoms with Crippen molar-refractivity contribution in [2.45, 2.75) is 41.8 Å². The number of rotatable bonds is 6. The van der Waals surface area contributed by atoms with Gasteiger partial charge >= 0.3 is 0 Å². The van der Waals surface area contributed by atoms with Crippen LogP contribution in [0.15, 0.2) is 54.6 Å². The zero-order chi connectivity index (χ0) is 24.0. The highest BCUT2D eigenvalue weighted by Crippen LogP contribution is 2.66. The van der Waals surface area contributed by atoms with E-state index in [1.807, 2.05) is 30.3 Å². The second-order valence-corrected chi connectivity index (χ2v) is 11.2. The molecular formula is C25H26ClN3O4S. The van der Waals surface area contributed by atoms with Crippen LogP contribution in [0, 0.1) is 11.8 Å². The average Bonchev–Trinajstić information content (AvgIpc) is 3.48. The number of likely N-dealkylation sites (tertiary alicyclic amines) is 1. The molecule has 3 saturated heterocycles. The molecule has 3 aliphatic rings. The van der Waals surface area contributed by atoms with Gasteiger partial charge in [-0.3, -0.25) is 14.4 Å². The van der Waals surface area contributed by atoms with Gasteiger partial charge < -0.3 is 20.6 Å². The minimum atomic E-state index is -0.812. The first-order valence-corrected chi connectivity index (χ1v) is 12.7. The van der Waals surface area contributed by atoms with E-state index in [9.17, 15) is 19.5 Å². The number of benzene rings is 2. The summed E-state index contributed by atoms with van der Waals surface area (Å²) < 4.78 is -0.727. The van der Waals surface area contributed by atoms with Crippen LogP contribution in [-0.4, -0.2) is 56.4 Å². The third kappa shape index (κ3) is 3.59. The molecule has 2 aromatic rings. The number of carbonyl (C=O) groups excluding carboxylic acids is 3. The molecule has 6 atom stereocenters. The van der Waals surface area contributed by atoms with Crippen molar-refractivity contribution in [3.05, 3.63) is 59.6 Å². The number of fused-ring (bicyclic) bond motifs is 1. The number of nitrogens with one attached hydrogen (secondary N) is 2. The lowest BCUT2D eigenvalue weighted by Crippen LogP contribution is -2.54. The smallest absolute Gasteiger partial charge is 0.248 e. The van der Waals surface area contributed by atoms with Crippen molar-refractivity contribution in [2.75, 3.05) is 17.2 Å². The molecule has 3 heterocycles. The zero-order valence-electron chi connectivity index (χ0n) is 18.6. The Bertz CT molecular complexity index is 1130. The van der Waals surface area contributed by atoms with E-state index in [1.54, 1.807) is 43.0 Å². The lowest BCUT2D eigenvalue weighted by Gasteiger charge is -2.36. The normalized spacial score (nSPS) is 30.2. The molecule has 3 N–H and O–H groups in total. The fourth-order valence-corrected chi connectivity index (χ4v) is 8.15. The Morgan fingerprint density at radius 3 is 2.56 bits per heavy atom. The predicted molar refractivity (Wildman–Crippen MR) is 133 cm³/mol. The predicted octanol–water partition coefficient (Wildman–Crippen LogP) is 3.39. The molecule has 3 amide bonds. The largest absolute Gasteiger partial charge is 0.394 e. The molecule has 9 heteroatoms. The van der Waals surface area contributed by atoms with Gasteiger partial charge in [-0.05, 0) is 44.0 Å². The number of hydrogen-bond acceptors (Lipinski definition) is 5. The fourth-order valence-electron chi connectivity index (χ4n) is 5.76. The molecule has 0 radical (unpaired) electrons. The molecule has 2 bridgehead atoms. The first kappa shape index (κ1) is 23.2. The maximum Gasteiger partial charge on any atom is 0.248 e. The number of para-hydroxylation sites is 2. The number of carbonyl (C=O) groups is 3. The lowest BCUT2D eigenvalue weighted by molar-refractivity contribution is -0.140. The first-order valence-electron chi connectivity index (χ1n) is 11.4. The summed E-state index contributed by atoms with van der Waals surface area (Å²) >= 11 is 7.85. The molecule has 1 spiro atoms. The van der Waals surface area contributed by atoms with Crippen LogP contribution in [0.25, 0.3) is 0 Å². The van der Waals surface area contributed by atoms with Crippen molar-refractivity contribution in [3.63, 3.8) is 0 Å². The number of aliphatic hydroxyl groups excluding tert-OH is 1. The van der Waals surface area contributed by atoms with Crippen molar-refractivity contribution in [1.29, 1.82) is 0 Å². The molecule has 7 nitrogen and oxygen atoms in total. The van der Waals surface area contributed by atoms with Crippen molar-refractivity contribution >= 4 is 52.5 Å². The zero-order valence-corrected chi connectivity index (χ0v) is 20.2. The number of amides is 3. The average molecular weight is 500 g/mol. The van der Waals surface area contributed by atoms with Crippen LogP contribution in [-0.2, 0) is 14.4 Å². The quantitative estimate of drug-likeness (QED) is 0.566. The summed E-state index contributed by atoms with van der Waals surface area (Å²) in [5.74, 6) is -1.97. The van der Waals surface area contributed by atoms with Crippen LogP contribution >= 0.6 is 23.4 Å². The molecular weight excluding hydrogens is 474 g/mol. The Hall–Kier alpha value is -2.55. The van der Waals surface area contributed by atoms with E-state index >= 15 is 0 Å². The van der Waals surface area contributed by atoms with Crippen LogP contribution in [0.4, 0.5) is 11.4 Å². The van der Waals surface area contributed by atoms with E-state index in [0.717, 1.165) is 6.42 Å². The molecule has 5 rings (SSSR count). The highest BCUT2D eigenvalue weighted by Gasteiger charge is 2.74. The molecule has 178 valence electrons. The molecule has 3 fully saturated rings. The first-order chi connectivity index (χ1) is 16.4. The molecule has 34 heavy (non-hydrogen) atoms. The molecule has 2 aromatic carbocycles. The van der Waals surface area contributed by atoms with Gasteiger partial charge in [0, 0.05) is 10.9 Å². The van der Waals surface area contributed by atoms with E-state index in [2.05, 4.69) is 10.6 Å². The van der Waals surface area contributed by atoms with Crippen molar-refractivity contribution in [2.24, 2.45) is 11.8 Å². The second-order valence-electron chi connectivity index (χ2n) is 9.16. The van der Waals surface area contributed by atoms with Gasteiger partial charge in [0.05, 0.1) is 39.9 Å². The van der Waals surface area contributed by atoms with Crippen molar-refractivity contribution in [3.8, 4) is 0 Å².